The van der Waals surface area contributed by atoms with E-state index in [1.807, 2.05) is 20.8 Å². The van der Waals surface area contributed by atoms with Crippen LogP contribution in [0.25, 0.3) is 0 Å². The maximum absolute atomic E-state index is 11.6. The van der Waals surface area contributed by atoms with Gasteiger partial charge in [0, 0.05) is 13.2 Å². The number of nitrogens with one attached hydrogen (secondary N) is 1. The summed E-state index contributed by atoms with van der Waals surface area (Å²) >= 11 is 0. The van der Waals surface area contributed by atoms with E-state index in [1.54, 1.807) is 7.11 Å². The number of hydrogen-bond acceptors (Lipinski definition) is 3. The molecule has 15 heavy (non-hydrogen) atoms. The maximum Gasteiger partial charge on any atom is 0.223 e. The van der Waals surface area contributed by atoms with Gasteiger partial charge >= 0.3 is 0 Å². The second-order valence-electron chi connectivity index (χ2n) is 4.18. The number of carbonyl (C=O) groups is 1. The lowest BCUT2D eigenvalue weighted by Crippen LogP contribution is -2.39. The van der Waals surface area contributed by atoms with Crippen molar-refractivity contribution in [1.29, 1.82) is 5.26 Å². The van der Waals surface area contributed by atoms with Gasteiger partial charge in [-0.2, -0.15) is 5.26 Å². The summed E-state index contributed by atoms with van der Waals surface area (Å²) in [5.41, 5.74) is -0.449. The van der Waals surface area contributed by atoms with Gasteiger partial charge in [-0.1, -0.05) is 6.92 Å². The number of nitriles is 1. The average Bonchev–Trinajstić information content (AvgIpc) is 2.16. The Morgan fingerprint density at radius 1 is 1.60 bits per heavy atom. The van der Waals surface area contributed by atoms with Crippen LogP contribution in [0.3, 0.4) is 0 Å². The van der Waals surface area contributed by atoms with Gasteiger partial charge in [-0.05, 0) is 20.3 Å². The molecule has 1 unspecified atom stereocenters. The number of rotatable bonds is 6. The molecular formula is C11H20N2O2. The third-order valence-electron chi connectivity index (χ3n) is 2.33. The Kier molecular flexibility index (Phi) is 5.95. The van der Waals surface area contributed by atoms with E-state index in [4.69, 9.17) is 10.00 Å². The third kappa shape index (κ3) is 6.08. The largest absolute Gasteiger partial charge is 0.378 e. The molecule has 86 valence electrons. The first-order valence-electron chi connectivity index (χ1n) is 5.16. The molecule has 0 aromatic heterocycles. The van der Waals surface area contributed by atoms with Crippen LogP contribution in [0.1, 0.15) is 40.0 Å². The minimum absolute atomic E-state index is 0.0462. The predicted octanol–water partition coefficient (Wildman–Crippen LogP) is 1.61. The SMILES string of the molecule is CCC(CC#N)NC(=O)CC(C)(C)OC. The number of hydrogen-bond donors (Lipinski definition) is 1. The van der Waals surface area contributed by atoms with Gasteiger partial charge in [0.1, 0.15) is 0 Å². The molecule has 1 atom stereocenters. The first-order valence-corrected chi connectivity index (χ1v) is 5.16. The Bertz CT molecular complexity index is 243. The van der Waals surface area contributed by atoms with E-state index in [0.717, 1.165) is 6.42 Å². The van der Waals surface area contributed by atoms with Crippen LogP contribution >= 0.6 is 0 Å². The van der Waals surface area contributed by atoms with Crippen molar-refractivity contribution in [1.82, 2.24) is 5.32 Å². The predicted molar refractivity (Wildman–Crippen MR) is 58.2 cm³/mol. The molecule has 0 aliphatic rings. The molecule has 0 aromatic rings. The lowest BCUT2D eigenvalue weighted by molar-refractivity contribution is -0.126. The Morgan fingerprint density at radius 2 is 2.20 bits per heavy atom. The summed E-state index contributed by atoms with van der Waals surface area (Å²) in [7, 11) is 1.58. The van der Waals surface area contributed by atoms with E-state index < -0.39 is 5.60 Å². The summed E-state index contributed by atoms with van der Waals surface area (Å²) in [6.45, 7) is 5.67. The van der Waals surface area contributed by atoms with Crippen molar-refractivity contribution in [3.8, 4) is 6.07 Å². The highest BCUT2D eigenvalue weighted by atomic mass is 16.5. The summed E-state index contributed by atoms with van der Waals surface area (Å²) < 4.78 is 5.16. The zero-order valence-electron chi connectivity index (χ0n) is 9.96. The fraction of sp³-hybridized carbons (Fsp3) is 0.818. The molecule has 0 saturated carbocycles. The molecule has 4 heteroatoms. The summed E-state index contributed by atoms with van der Waals surface area (Å²) in [5, 5.41) is 11.4. The van der Waals surface area contributed by atoms with Crippen molar-refractivity contribution in [2.75, 3.05) is 7.11 Å². The Morgan fingerprint density at radius 3 is 2.60 bits per heavy atom. The van der Waals surface area contributed by atoms with Crippen LogP contribution < -0.4 is 5.32 Å². The molecule has 0 radical (unpaired) electrons. The normalized spacial score (nSPS) is 13.0. The number of carbonyl (C=O) groups excluding carboxylic acids is 1. The van der Waals surface area contributed by atoms with Crippen LogP contribution in [0.2, 0.25) is 0 Å². The van der Waals surface area contributed by atoms with Crippen molar-refractivity contribution in [3.63, 3.8) is 0 Å². The zero-order chi connectivity index (χ0) is 11.9. The van der Waals surface area contributed by atoms with Gasteiger partial charge in [0.15, 0.2) is 0 Å². The molecule has 0 rings (SSSR count). The smallest absolute Gasteiger partial charge is 0.223 e. The molecule has 4 nitrogen and oxygen atoms in total. The minimum atomic E-state index is -0.449. The van der Waals surface area contributed by atoms with E-state index >= 15 is 0 Å². The molecular weight excluding hydrogens is 192 g/mol. The maximum atomic E-state index is 11.6. The highest BCUT2D eigenvalue weighted by molar-refractivity contribution is 5.77. The van der Waals surface area contributed by atoms with Gasteiger partial charge in [0.05, 0.1) is 24.5 Å². The average molecular weight is 212 g/mol. The second-order valence-corrected chi connectivity index (χ2v) is 4.18. The lowest BCUT2D eigenvalue weighted by Gasteiger charge is -2.23. The van der Waals surface area contributed by atoms with Crippen molar-refractivity contribution < 1.29 is 9.53 Å². The Labute approximate surface area is 91.6 Å². The molecule has 0 aliphatic heterocycles. The van der Waals surface area contributed by atoms with Crippen LogP contribution in [0.4, 0.5) is 0 Å². The molecule has 0 heterocycles. The van der Waals surface area contributed by atoms with E-state index in [2.05, 4.69) is 11.4 Å². The number of methoxy groups -OCH3 is 1. The van der Waals surface area contributed by atoms with Gasteiger partial charge in [0.2, 0.25) is 5.91 Å². The molecule has 0 saturated heterocycles. The van der Waals surface area contributed by atoms with E-state index in [0.29, 0.717) is 12.8 Å². The standard InChI is InChI=1S/C11H20N2O2/c1-5-9(6-7-12)13-10(14)8-11(2,3)15-4/h9H,5-6,8H2,1-4H3,(H,13,14). The molecule has 1 amide bonds. The Balaban J connectivity index is 4.08. The lowest BCUT2D eigenvalue weighted by atomic mass is 10.0. The Hall–Kier alpha value is -1.08. The summed E-state index contributed by atoms with van der Waals surface area (Å²) in [6.07, 6.45) is 1.44. The van der Waals surface area contributed by atoms with Gasteiger partial charge in [-0.3, -0.25) is 4.79 Å². The van der Waals surface area contributed by atoms with Crippen LogP contribution in [0.5, 0.6) is 0 Å². The summed E-state index contributed by atoms with van der Waals surface area (Å²) in [5.74, 6) is -0.0658. The zero-order valence-corrected chi connectivity index (χ0v) is 9.96. The topological polar surface area (TPSA) is 62.1 Å². The first-order chi connectivity index (χ1) is 6.95. The molecule has 0 bridgehead atoms. The highest BCUT2D eigenvalue weighted by Crippen LogP contribution is 2.12. The number of ether oxygens (including phenoxy) is 1. The summed E-state index contributed by atoms with van der Waals surface area (Å²) in [4.78, 5) is 11.6. The number of amides is 1. The minimum Gasteiger partial charge on any atom is -0.378 e. The summed E-state index contributed by atoms with van der Waals surface area (Å²) in [6, 6.07) is 2.01. The molecule has 0 fully saturated rings. The molecule has 0 aliphatic carbocycles. The van der Waals surface area contributed by atoms with E-state index in [-0.39, 0.29) is 11.9 Å². The van der Waals surface area contributed by atoms with Crippen LogP contribution in [0.15, 0.2) is 0 Å². The first kappa shape index (κ1) is 13.9. The van der Waals surface area contributed by atoms with E-state index in [1.165, 1.54) is 0 Å². The van der Waals surface area contributed by atoms with Gasteiger partial charge in [-0.15, -0.1) is 0 Å². The quantitative estimate of drug-likeness (QED) is 0.727. The molecule has 0 spiro atoms. The van der Waals surface area contributed by atoms with Crippen molar-refractivity contribution in [2.24, 2.45) is 0 Å². The molecule has 0 aromatic carbocycles. The van der Waals surface area contributed by atoms with Gasteiger partial charge in [0.25, 0.3) is 0 Å². The van der Waals surface area contributed by atoms with Gasteiger partial charge in [-0.25, -0.2) is 0 Å². The van der Waals surface area contributed by atoms with Gasteiger partial charge < -0.3 is 10.1 Å². The third-order valence-corrected chi connectivity index (χ3v) is 2.33. The van der Waals surface area contributed by atoms with Crippen LogP contribution in [-0.2, 0) is 9.53 Å². The van der Waals surface area contributed by atoms with Crippen LogP contribution in [0, 0.1) is 11.3 Å². The van der Waals surface area contributed by atoms with E-state index in [9.17, 15) is 4.79 Å². The van der Waals surface area contributed by atoms with Crippen LogP contribution in [-0.4, -0.2) is 24.7 Å². The van der Waals surface area contributed by atoms with Crippen molar-refractivity contribution >= 4 is 5.91 Å². The highest BCUT2D eigenvalue weighted by Gasteiger charge is 2.22. The van der Waals surface area contributed by atoms with Crippen molar-refractivity contribution in [2.45, 2.75) is 51.7 Å². The number of nitrogens with zero attached hydrogens (tertiary/aromatic N) is 1. The molecule has 1 N–H and O–H groups in total. The fourth-order valence-corrected chi connectivity index (χ4v) is 1.15. The van der Waals surface area contributed by atoms with Crippen molar-refractivity contribution in [3.05, 3.63) is 0 Å². The second kappa shape index (κ2) is 6.41. The fourth-order valence-electron chi connectivity index (χ4n) is 1.15. The monoisotopic (exact) mass is 212 g/mol.